The minimum atomic E-state index is 0.805. The minimum Gasteiger partial charge on any atom is -0.381 e. The van der Waals surface area contributed by atoms with Crippen LogP contribution in [0.2, 0.25) is 5.02 Å². The Labute approximate surface area is 107 Å². The van der Waals surface area contributed by atoms with Crippen molar-refractivity contribution < 1.29 is 0 Å². The first-order chi connectivity index (χ1) is 8.15. The van der Waals surface area contributed by atoms with E-state index in [2.05, 4.69) is 42.6 Å². The van der Waals surface area contributed by atoms with E-state index in [1.165, 1.54) is 11.1 Å². The quantitative estimate of drug-likeness (QED) is 0.835. The average molecular weight is 246 g/mol. The molecule has 0 heterocycles. The molecule has 2 aromatic carbocycles. The fraction of sp³-hybridized carbons (Fsp3) is 0.200. The molecule has 0 radical (unpaired) electrons. The fourth-order valence-corrected chi connectivity index (χ4v) is 1.79. The Morgan fingerprint density at radius 2 is 1.71 bits per heavy atom. The van der Waals surface area contributed by atoms with Gasteiger partial charge in [-0.3, -0.25) is 0 Å². The number of hydrogen-bond acceptors (Lipinski definition) is 1. The Bertz CT molecular complexity index is 503. The summed E-state index contributed by atoms with van der Waals surface area (Å²) in [5.41, 5.74) is 4.72. The maximum atomic E-state index is 6.08. The Hall–Kier alpha value is -1.47. The number of aryl methyl sites for hydroxylation is 2. The lowest BCUT2D eigenvalue weighted by Gasteiger charge is -2.08. The molecule has 0 spiro atoms. The predicted octanol–water partition coefficient (Wildman–Crippen LogP) is 4.57. The Kier molecular flexibility index (Phi) is 3.70. The van der Waals surface area contributed by atoms with Crippen LogP contribution in [0.1, 0.15) is 16.7 Å². The van der Waals surface area contributed by atoms with Crippen molar-refractivity contribution in [2.45, 2.75) is 20.4 Å². The fourth-order valence-electron chi connectivity index (χ4n) is 1.61. The third-order valence-corrected chi connectivity index (χ3v) is 3.20. The lowest BCUT2D eigenvalue weighted by atomic mass is 10.1. The number of benzene rings is 2. The van der Waals surface area contributed by atoms with Crippen molar-refractivity contribution >= 4 is 17.3 Å². The molecule has 17 heavy (non-hydrogen) atoms. The molecule has 0 aliphatic rings. The second-order valence-electron chi connectivity index (χ2n) is 4.30. The molecule has 88 valence electrons. The molecule has 1 nitrogen and oxygen atoms in total. The van der Waals surface area contributed by atoms with Crippen molar-refractivity contribution in [3.63, 3.8) is 0 Å². The van der Waals surface area contributed by atoms with Crippen molar-refractivity contribution in [3.05, 3.63) is 64.2 Å². The van der Waals surface area contributed by atoms with Crippen LogP contribution >= 0.6 is 11.6 Å². The number of halogens is 1. The van der Waals surface area contributed by atoms with E-state index in [1.807, 2.05) is 19.1 Å². The predicted molar refractivity (Wildman–Crippen MR) is 74.7 cm³/mol. The van der Waals surface area contributed by atoms with Gasteiger partial charge in [-0.05, 0) is 37.1 Å². The number of hydrogen-bond donors (Lipinski definition) is 1. The topological polar surface area (TPSA) is 12.0 Å². The molecule has 0 atom stereocenters. The highest BCUT2D eigenvalue weighted by Gasteiger charge is 1.98. The molecule has 0 aromatic heterocycles. The van der Waals surface area contributed by atoms with Crippen LogP contribution in [-0.2, 0) is 6.54 Å². The summed E-state index contributed by atoms with van der Waals surface area (Å²) in [7, 11) is 0. The van der Waals surface area contributed by atoms with Gasteiger partial charge in [0.05, 0.1) is 0 Å². The SMILES string of the molecule is Cc1ccc(CNc2ccc(C)c(Cl)c2)cc1. The van der Waals surface area contributed by atoms with Crippen LogP contribution in [0.4, 0.5) is 5.69 Å². The average Bonchev–Trinajstić information content (AvgIpc) is 2.33. The van der Waals surface area contributed by atoms with Crippen LogP contribution in [0.25, 0.3) is 0 Å². The standard InChI is InChI=1S/C15H16ClN/c1-11-3-6-13(7-4-11)10-17-14-8-5-12(2)15(16)9-14/h3-9,17H,10H2,1-2H3. The van der Waals surface area contributed by atoms with Crippen LogP contribution in [0, 0.1) is 13.8 Å². The van der Waals surface area contributed by atoms with Gasteiger partial charge in [0.2, 0.25) is 0 Å². The van der Waals surface area contributed by atoms with Gasteiger partial charge in [-0.2, -0.15) is 0 Å². The minimum absolute atomic E-state index is 0.805. The molecule has 2 heteroatoms. The van der Waals surface area contributed by atoms with E-state index in [4.69, 9.17) is 11.6 Å². The second-order valence-corrected chi connectivity index (χ2v) is 4.71. The lowest BCUT2D eigenvalue weighted by Crippen LogP contribution is -1.99. The van der Waals surface area contributed by atoms with Gasteiger partial charge in [0.1, 0.15) is 0 Å². The van der Waals surface area contributed by atoms with Gasteiger partial charge < -0.3 is 5.32 Å². The van der Waals surface area contributed by atoms with E-state index in [0.717, 1.165) is 22.8 Å². The molecule has 0 amide bonds. The third-order valence-electron chi connectivity index (χ3n) is 2.79. The van der Waals surface area contributed by atoms with E-state index < -0.39 is 0 Å². The Balaban J connectivity index is 2.02. The van der Waals surface area contributed by atoms with Crippen LogP contribution in [0.15, 0.2) is 42.5 Å². The monoisotopic (exact) mass is 245 g/mol. The van der Waals surface area contributed by atoms with Crippen LogP contribution in [0.3, 0.4) is 0 Å². The van der Waals surface area contributed by atoms with Gasteiger partial charge in [0.25, 0.3) is 0 Å². The molecule has 1 N–H and O–H groups in total. The van der Waals surface area contributed by atoms with Crippen molar-refractivity contribution in [1.82, 2.24) is 0 Å². The van der Waals surface area contributed by atoms with Gasteiger partial charge in [0.15, 0.2) is 0 Å². The summed E-state index contributed by atoms with van der Waals surface area (Å²) in [5, 5.41) is 4.17. The lowest BCUT2D eigenvalue weighted by molar-refractivity contribution is 1.14. The maximum Gasteiger partial charge on any atom is 0.0455 e. The highest BCUT2D eigenvalue weighted by atomic mass is 35.5. The molecule has 2 aromatic rings. The normalized spacial score (nSPS) is 10.3. The zero-order valence-electron chi connectivity index (χ0n) is 10.1. The summed E-state index contributed by atoms with van der Waals surface area (Å²) < 4.78 is 0. The molecule has 0 fully saturated rings. The zero-order chi connectivity index (χ0) is 12.3. The van der Waals surface area contributed by atoms with Crippen molar-refractivity contribution in [3.8, 4) is 0 Å². The highest BCUT2D eigenvalue weighted by Crippen LogP contribution is 2.20. The third kappa shape index (κ3) is 3.24. The van der Waals surface area contributed by atoms with Gasteiger partial charge in [-0.1, -0.05) is 47.5 Å². The molecule has 0 aliphatic heterocycles. The smallest absolute Gasteiger partial charge is 0.0455 e. The first kappa shape index (κ1) is 12.0. The molecule has 2 rings (SSSR count). The first-order valence-electron chi connectivity index (χ1n) is 5.71. The van der Waals surface area contributed by atoms with Crippen molar-refractivity contribution in [2.75, 3.05) is 5.32 Å². The second kappa shape index (κ2) is 5.24. The number of rotatable bonds is 3. The molecular formula is C15H16ClN. The van der Waals surface area contributed by atoms with Gasteiger partial charge in [-0.15, -0.1) is 0 Å². The van der Waals surface area contributed by atoms with Crippen LogP contribution in [-0.4, -0.2) is 0 Å². The molecular weight excluding hydrogens is 230 g/mol. The Morgan fingerprint density at radius 1 is 1.00 bits per heavy atom. The summed E-state index contributed by atoms with van der Waals surface area (Å²) in [6, 6.07) is 14.6. The van der Waals surface area contributed by atoms with Gasteiger partial charge in [0, 0.05) is 17.3 Å². The highest BCUT2D eigenvalue weighted by molar-refractivity contribution is 6.31. The Morgan fingerprint density at radius 3 is 2.35 bits per heavy atom. The number of nitrogens with one attached hydrogen (secondary N) is 1. The molecule has 0 saturated carbocycles. The summed E-state index contributed by atoms with van der Waals surface area (Å²) >= 11 is 6.08. The molecule has 0 bridgehead atoms. The van der Waals surface area contributed by atoms with E-state index in [0.29, 0.717) is 0 Å². The molecule has 0 aliphatic carbocycles. The summed E-state index contributed by atoms with van der Waals surface area (Å²) in [5.74, 6) is 0. The molecule has 0 saturated heterocycles. The van der Waals surface area contributed by atoms with E-state index in [-0.39, 0.29) is 0 Å². The van der Waals surface area contributed by atoms with E-state index in [9.17, 15) is 0 Å². The van der Waals surface area contributed by atoms with Crippen LogP contribution < -0.4 is 5.32 Å². The van der Waals surface area contributed by atoms with Gasteiger partial charge in [-0.25, -0.2) is 0 Å². The van der Waals surface area contributed by atoms with E-state index >= 15 is 0 Å². The van der Waals surface area contributed by atoms with E-state index in [1.54, 1.807) is 0 Å². The largest absolute Gasteiger partial charge is 0.381 e. The summed E-state index contributed by atoms with van der Waals surface area (Å²) in [6.07, 6.45) is 0. The molecule has 0 unspecified atom stereocenters. The summed E-state index contributed by atoms with van der Waals surface area (Å²) in [4.78, 5) is 0. The summed E-state index contributed by atoms with van der Waals surface area (Å²) in [6.45, 7) is 4.92. The van der Waals surface area contributed by atoms with Crippen LogP contribution in [0.5, 0.6) is 0 Å². The maximum absolute atomic E-state index is 6.08. The van der Waals surface area contributed by atoms with Crippen molar-refractivity contribution in [2.24, 2.45) is 0 Å². The first-order valence-corrected chi connectivity index (χ1v) is 6.08. The zero-order valence-corrected chi connectivity index (χ0v) is 10.9. The number of anilines is 1. The van der Waals surface area contributed by atoms with Crippen molar-refractivity contribution in [1.29, 1.82) is 0 Å². The van der Waals surface area contributed by atoms with Gasteiger partial charge >= 0.3 is 0 Å².